The Morgan fingerprint density at radius 3 is 2.57 bits per heavy atom. The van der Waals surface area contributed by atoms with E-state index in [4.69, 9.17) is 5.11 Å². The number of carbonyl (C=O) groups excluding carboxylic acids is 2. The molecular formula is C14H18N2O4S. The second kappa shape index (κ2) is 6.71. The van der Waals surface area contributed by atoms with Gasteiger partial charge in [0.2, 0.25) is 5.91 Å². The average Bonchev–Trinajstić information content (AvgIpc) is 2.92. The standard InChI is InChI=1S/C14H18N2O4S/c17-11(8-15-13(20)10-3-1-6-21-10)16-9-14(4-2-5-14)7-12(18)19/h1,3,6H,2,4-5,7-9H2,(H,15,20)(H,16,17)(H,18,19). The van der Waals surface area contributed by atoms with Crippen LogP contribution in [0, 0.1) is 5.41 Å². The van der Waals surface area contributed by atoms with E-state index in [9.17, 15) is 14.4 Å². The first-order chi connectivity index (χ1) is 10.0. The van der Waals surface area contributed by atoms with Crippen molar-refractivity contribution in [3.63, 3.8) is 0 Å². The molecule has 1 aliphatic carbocycles. The second-order valence-electron chi connectivity index (χ2n) is 5.36. The zero-order chi connectivity index (χ0) is 15.3. The van der Waals surface area contributed by atoms with Crippen LogP contribution in [-0.4, -0.2) is 36.0 Å². The summed E-state index contributed by atoms with van der Waals surface area (Å²) in [5.74, 6) is -1.41. The van der Waals surface area contributed by atoms with Crippen LogP contribution < -0.4 is 10.6 Å². The van der Waals surface area contributed by atoms with Crippen molar-refractivity contribution in [2.75, 3.05) is 13.1 Å². The summed E-state index contributed by atoms with van der Waals surface area (Å²) >= 11 is 1.31. The lowest BCUT2D eigenvalue weighted by atomic mass is 9.66. The summed E-state index contributed by atoms with van der Waals surface area (Å²) in [6, 6.07) is 3.46. The van der Waals surface area contributed by atoms with Gasteiger partial charge in [0.05, 0.1) is 17.8 Å². The van der Waals surface area contributed by atoms with Gasteiger partial charge in [0.1, 0.15) is 0 Å². The molecule has 7 heteroatoms. The third kappa shape index (κ3) is 4.29. The quantitative estimate of drug-likeness (QED) is 0.706. The maximum absolute atomic E-state index is 11.7. The van der Waals surface area contributed by atoms with Crippen LogP contribution in [0.2, 0.25) is 0 Å². The molecule has 1 heterocycles. The van der Waals surface area contributed by atoms with Gasteiger partial charge in [-0.15, -0.1) is 11.3 Å². The maximum atomic E-state index is 11.7. The molecule has 1 fully saturated rings. The van der Waals surface area contributed by atoms with Gasteiger partial charge in [0.25, 0.3) is 5.91 Å². The van der Waals surface area contributed by atoms with E-state index in [1.165, 1.54) is 11.3 Å². The van der Waals surface area contributed by atoms with Gasteiger partial charge in [0.15, 0.2) is 0 Å². The van der Waals surface area contributed by atoms with Gasteiger partial charge in [-0.3, -0.25) is 14.4 Å². The molecular weight excluding hydrogens is 292 g/mol. The molecule has 0 saturated heterocycles. The molecule has 114 valence electrons. The minimum Gasteiger partial charge on any atom is -0.481 e. The number of hydrogen-bond acceptors (Lipinski definition) is 4. The van der Waals surface area contributed by atoms with Gasteiger partial charge < -0.3 is 15.7 Å². The number of nitrogens with one attached hydrogen (secondary N) is 2. The lowest BCUT2D eigenvalue weighted by Crippen LogP contribution is -2.46. The molecule has 0 unspecified atom stereocenters. The van der Waals surface area contributed by atoms with Crippen LogP contribution in [0.5, 0.6) is 0 Å². The van der Waals surface area contributed by atoms with Crippen LogP contribution in [0.1, 0.15) is 35.4 Å². The molecule has 6 nitrogen and oxygen atoms in total. The summed E-state index contributed by atoms with van der Waals surface area (Å²) in [7, 11) is 0. The van der Waals surface area contributed by atoms with Crippen molar-refractivity contribution in [2.45, 2.75) is 25.7 Å². The number of rotatable bonds is 7. The van der Waals surface area contributed by atoms with Gasteiger partial charge in [-0.2, -0.15) is 0 Å². The smallest absolute Gasteiger partial charge is 0.303 e. The molecule has 2 rings (SSSR count). The predicted octanol–water partition coefficient (Wildman–Crippen LogP) is 1.24. The zero-order valence-corrected chi connectivity index (χ0v) is 12.4. The number of amides is 2. The SMILES string of the molecule is O=C(O)CC1(CNC(=O)CNC(=O)c2cccs2)CCC1. The lowest BCUT2D eigenvalue weighted by Gasteiger charge is -2.40. The summed E-state index contributed by atoms with van der Waals surface area (Å²) in [6.07, 6.45) is 2.72. The van der Waals surface area contributed by atoms with Crippen molar-refractivity contribution in [3.8, 4) is 0 Å². The molecule has 0 atom stereocenters. The molecule has 21 heavy (non-hydrogen) atoms. The zero-order valence-electron chi connectivity index (χ0n) is 11.6. The van der Waals surface area contributed by atoms with Crippen LogP contribution in [0.4, 0.5) is 0 Å². The summed E-state index contributed by atoms with van der Waals surface area (Å²) in [5, 5.41) is 15.9. The Morgan fingerprint density at radius 1 is 1.29 bits per heavy atom. The number of thiophene rings is 1. The summed E-state index contributed by atoms with van der Waals surface area (Å²) in [4.78, 5) is 34.8. The minimum absolute atomic E-state index is 0.0782. The Kier molecular flexibility index (Phi) is 4.95. The van der Waals surface area contributed by atoms with Crippen molar-refractivity contribution >= 4 is 29.1 Å². The van der Waals surface area contributed by atoms with E-state index in [0.29, 0.717) is 11.4 Å². The van der Waals surface area contributed by atoms with E-state index in [1.807, 2.05) is 0 Å². The first-order valence-corrected chi connectivity index (χ1v) is 7.69. The average molecular weight is 310 g/mol. The highest BCUT2D eigenvalue weighted by atomic mass is 32.1. The molecule has 1 aromatic rings. The van der Waals surface area contributed by atoms with Gasteiger partial charge >= 0.3 is 5.97 Å². The van der Waals surface area contributed by atoms with E-state index >= 15 is 0 Å². The van der Waals surface area contributed by atoms with Crippen molar-refractivity contribution in [2.24, 2.45) is 5.41 Å². The van der Waals surface area contributed by atoms with Crippen molar-refractivity contribution < 1.29 is 19.5 Å². The molecule has 0 bridgehead atoms. The number of carboxylic acid groups (broad SMARTS) is 1. The first-order valence-electron chi connectivity index (χ1n) is 6.81. The summed E-state index contributed by atoms with van der Waals surface area (Å²) in [5.41, 5.74) is -0.306. The fraction of sp³-hybridized carbons (Fsp3) is 0.500. The summed E-state index contributed by atoms with van der Waals surface area (Å²) < 4.78 is 0. The maximum Gasteiger partial charge on any atom is 0.303 e. The van der Waals surface area contributed by atoms with Crippen LogP contribution in [0.25, 0.3) is 0 Å². The number of carboxylic acids is 1. The van der Waals surface area contributed by atoms with E-state index in [2.05, 4.69) is 10.6 Å². The molecule has 0 spiro atoms. The third-order valence-corrected chi connectivity index (χ3v) is 4.62. The van der Waals surface area contributed by atoms with Gasteiger partial charge in [-0.1, -0.05) is 12.5 Å². The van der Waals surface area contributed by atoms with Crippen LogP contribution in [0.3, 0.4) is 0 Å². The Morgan fingerprint density at radius 2 is 2.05 bits per heavy atom. The lowest BCUT2D eigenvalue weighted by molar-refractivity contribution is -0.141. The van der Waals surface area contributed by atoms with Crippen LogP contribution in [0.15, 0.2) is 17.5 Å². The molecule has 0 aliphatic heterocycles. The molecule has 1 aromatic heterocycles. The Balaban J connectivity index is 1.72. The first kappa shape index (κ1) is 15.5. The van der Waals surface area contributed by atoms with Gasteiger partial charge in [-0.05, 0) is 29.7 Å². The monoisotopic (exact) mass is 310 g/mol. The second-order valence-corrected chi connectivity index (χ2v) is 6.31. The van der Waals surface area contributed by atoms with Crippen molar-refractivity contribution in [3.05, 3.63) is 22.4 Å². The number of aliphatic carboxylic acids is 1. The fourth-order valence-electron chi connectivity index (χ4n) is 2.42. The molecule has 1 saturated carbocycles. The Labute approximate surface area is 126 Å². The van der Waals surface area contributed by atoms with E-state index in [1.54, 1.807) is 17.5 Å². The molecule has 0 radical (unpaired) electrons. The third-order valence-electron chi connectivity index (χ3n) is 3.76. The van der Waals surface area contributed by atoms with Crippen LogP contribution in [-0.2, 0) is 9.59 Å². The minimum atomic E-state index is -0.838. The highest BCUT2D eigenvalue weighted by Crippen LogP contribution is 2.43. The highest BCUT2D eigenvalue weighted by Gasteiger charge is 2.39. The largest absolute Gasteiger partial charge is 0.481 e. The van der Waals surface area contributed by atoms with Crippen molar-refractivity contribution in [1.82, 2.24) is 10.6 Å². The summed E-state index contributed by atoms with van der Waals surface area (Å²) in [6.45, 7) is 0.257. The van der Waals surface area contributed by atoms with E-state index in [0.717, 1.165) is 19.3 Å². The van der Waals surface area contributed by atoms with Gasteiger partial charge in [0, 0.05) is 6.54 Å². The molecule has 0 aromatic carbocycles. The number of hydrogen-bond donors (Lipinski definition) is 3. The molecule has 2 amide bonds. The number of carbonyl (C=O) groups is 3. The van der Waals surface area contributed by atoms with Crippen LogP contribution >= 0.6 is 11.3 Å². The Bertz CT molecular complexity index is 523. The van der Waals surface area contributed by atoms with Gasteiger partial charge in [-0.25, -0.2) is 0 Å². The predicted molar refractivity (Wildman–Crippen MR) is 78.2 cm³/mol. The fourth-order valence-corrected chi connectivity index (χ4v) is 3.06. The highest BCUT2D eigenvalue weighted by molar-refractivity contribution is 7.12. The van der Waals surface area contributed by atoms with Crippen molar-refractivity contribution in [1.29, 1.82) is 0 Å². The topological polar surface area (TPSA) is 95.5 Å². The molecule has 3 N–H and O–H groups in total. The normalized spacial score (nSPS) is 15.8. The van der Waals surface area contributed by atoms with E-state index in [-0.39, 0.29) is 30.2 Å². The van der Waals surface area contributed by atoms with E-state index < -0.39 is 5.97 Å². The Hall–Kier alpha value is -1.89. The molecule has 1 aliphatic rings.